The molecule has 0 saturated carbocycles. The van der Waals surface area contributed by atoms with Crippen molar-refractivity contribution < 1.29 is 43.9 Å². The second-order valence-corrected chi connectivity index (χ2v) is 23.7. The van der Waals surface area contributed by atoms with Crippen LogP contribution >= 0.6 is 23.2 Å². The highest BCUT2D eigenvalue weighted by molar-refractivity contribution is 6.40. The van der Waals surface area contributed by atoms with E-state index < -0.39 is 45.8 Å². The summed E-state index contributed by atoms with van der Waals surface area (Å²) in [5.74, 6) is 1.63. The van der Waals surface area contributed by atoms with Crippen molar-refractivity contribution in [3.8, 4) is 61.8 Å². The smallest absolute Gasteiger partial charge is 0.284 e. The number of ether oxygens (including phenoxy) is 2. The number of benzene rings is 11. The predicted molar refractivity (Wildman–Crippen MR) is 380 cm³/mol. The number of non-ortho nitro benzene ring substituents is 4. The van der Waals surface area contributed by atoms with Crippen LogP contribution in [0.1, 0.15) is 50.1 Å². The Morgan fingerprint density at radius 2 is 0.703 bits per heavy atom. The molecule has 3 aliphatic carbocycles. The van der Waals surface area contributed by atoms with Gasteiger partial charge in [0, 0.05) is 63.7 Å². The summed E-state index contributed by atoms with van der Waals surface area (Å²) in [6.07, 6.45) is 0. The van der Waals surface area contributed by atoms with Crippen molar-refractivity contribution in [2.24, 2.45) is 15.0 Å². The predicted octanol–water partition coefficient (Wildman–Crippen LogP) is 19.6. The second-order valence-electron chi connectivity index (χ2n) is 22.9. The molecule has 0 spiro atoms. The van der Waals surface area contributed by atoms with E-state index >= 15 is 0 Å². The van der Waals surface area contributed by atoms with E-state index in [9.17, 15) is 70.8 Å². The number of hydrogen-bond acceptors (Lipinski definition) is 19. The molecule has 0 heterocycles. The molecule has 3 aliphatic rings. The molecule has 0 fully saturated rings. The number of rotatable bonds is 14. The molecule has 0 aliphatic heterocycles. The van der Waals surface area contributed by atoms with Crippen molar-refractivity contribution in [2.45, 2.75) is 20.8 Å². The molecule has 0 bridgehead atoms. The standard InChI is InChI=1S/C27H19N3O5.C26H17N3O5.C20H10Cl2N4O6/c1-16-8-10-20-21(12-16)27(22-14-19(29(31)32)15-24(26(20)22)30(33)34)28-23-13-18(9-11-25(23)35-2)17-6-4-3-5-7-17;1-16-11-12-19-20(13-16)26(21-14-17(28(30)31)15-23(25(19)21)29(32)33)27-22-9-5-6-10-24(22)34-18-7-3-2-4-8-18;1-9-2-3-12-13(4-9)19(23-20-15(21)6-11(25(29)30)7-16(20)22)14-5-10(24(27)28)8-17(18(12)14)26(31)32/h3-15H,1-2H3;2-15H,1H3;2-8H,1H3. The molecule has 14 rings (SSSR count). The zero-order valence-electron chi connectivity index (χ0n) is 52.9. The molecule has 28 heteroatoms. The summed E-state index contributed by atoms with van der Waals surface area (Å²) in [6.45, 7) is 5.63. The third kappa shape index (κ3) is 13.3. The van der Waals surface area contributed by atoms with Crippen LogP contribution in [0.25, 0.3) is 44.5 Å². The molecule has 0 radical (unpaired) electrons. The monoisotopic (exact) mass is 1390 g/mol. The van der Waals surface area contributed by atoms with Crippen LogP contribution in [0.2, 0.25) is 10.0 Å². The average Bonchev–Trinajstić information content (AvgIpc) is 1.60. The van der Waals surface area contributed by atoms with Gasteiger partial charge in [0.25, 0.3) is 39.8 Å². The first kappa shape index (κ1) is 67.4. The van der Waals surface area contributed by atoms with Crippen LogP contribution < -0.4 is 9.47 Å². The molecule has 0 N–H and O–H groups in total. The van der Waals surface area contributed by atoms with E-state index in [4.69, 9.17) is 42.7 Å². The molecular formula is C73H46Cl2N10O16. The fourth-order valence-corrected chi connectivity index (χ4v) is 12.5. The maximum Gasteiger partial charge on any atom is 0.284 e. The molecule has 0 saturated heterocycles. The van der Waals surface area contributed by atoms with Gasteiger partial charge in [-0.05, 0) is 103 Å². The van der Waals surface area contributed by atoms with Crippen LogP contribution in [0.15, 0.2) is 221 Å². The Kier molecular flexibility index (Phi) is 18.3. The lowest BCUT2D eigenvalue weighted by atomic mass is 10.0. The first-order valence-corrected chi connectivity index (χ1v) is 30.8. The van der Waals surface area contributed by atoms with Crippen LogP contribution in [-0.2, 0) is 0 Å². The molecule has 0 aromatic heterocycles. The number of para-hydroxylation sites is 3. The Labute approximate surface area is 580 Å². The maximum absolute atomic E-state index is 11.9. The fraction of sp³-hybridized carbons (Fsp3) is 0.0548. The summed E-state index contributed by atoms with van der Waals surface area (Å²) in [5, 5.41) is 80.9. The van der Waals surface area contributed by atoms with E-state index in [1.807, 2.05) is 130 Å². The first-order chi connectivity index (χ1) is 48.4. The van der Waals surface area contributed by atoms with Crippen molar-refractivity contribution >= 4 is 97.2 Å². The molecule has 101 heavy (non-hydrogen) atoms. The van der Waals surface area contributed by atoms with Gasteiger partial charge in [0.05, 0.1) is 104 Å². The SMILES string of the molecule is COc1ccc(-c2ccccc2)cc1N=C1c2cc(C)ccc2-c2c1cc([N+](=O)[O-])cc2[N+](=O)[O-].Cc1ccc2c(c1)C(=Nc1c(Cl)cc([N+](=O)[O-])cc1Cl)c1cc([N+](=O)[O-])cc([N+](=O)[O-])c1-2.Cc1ccc2c(c1)C(=Nc1ccccc1Oc1ccccc1)c1cc([N+](=O)[O-])cc([N+](=O)[O-])c1-2. The Bertz CT molecular complexity index is 5490. The lowest BCUT2D eigenvalue weighted by molar-refractivity contribution is -0.394. The summed E-state index contributed by atoms with van der Waals surface area (Å²) >= 11 is 12.4. The highest BCUT2D eigenvalue weighted by Crippen LogP contribution is 2.51. The van der Waals surface area contributed by atoms with Crippen molar-refractivity contribution in [1.82, 2.24) is 0 Å². The molecule has 26 nitrogen and oxygen atoms in total. The third-order valence-corrected chi connectivity index (χ3v) is 17.0. The van der Waals surface area contributed by atoms with Gasteiger partial charge in [-0.25, -0.2) is 15.0 Å². The molecule has 11 aromatic rings. The van der Waals surface area contributed by atoms with E-state index in [0.717, 1.165) is 58.1 Å². The van der Waals surface area contributed by atoms with Gasteiger partial charge in [0.2, 0.25) is 0 Å². The van der Waals surface area contributed by atoms with Crippen LogP contribution in [0, 0.1) is 91.6 Å². The summed E-state index contributed by atoms with van der Waals surface area (Å²) in [5.41, 5.74) is 9.25. The van der Waals surface area contributed by atoms with Gasteiger partial charge in [-0.1, -0.05) is 143 Å². The van der Waals surface area contributed by atoms with Crippen molar-refractivity contribution in [3.63, 3.8) is 0 Å². The van der Waals surface area contributed by atoms with E-state index in [1.165, 1.54) is 25.3 Å². The van der Waals surface area contributed by atoms with Crippen LogP contribution in [0.4, 0.5) is 56.9 Å². The quantitative estimate of drug-likeness (QED) is 0.0721. The Hall–Kier alpha value is -13.6. The van der Waals surface area contributed by atoms with Gasteiger partial charge in [-0.15, -0.1) is 0 Å². The van der Waals surface area contributed by atoms with Crippen LogP contribution in [0.5, 0.6) is 17.2 Å². The Morgan fingerprint density at radius 1 is 0.327 bits per heavy atom. The second kappa shape index (κ2) is 27.5. The summed E-state index contributed by atoms with van der Waals surface area (Å²) < 4.78 is 11.6. The van der Waals surface area contributed by atoms with Crippen LogP contribution in [-0.4, -0.2) is 58.7 Å². The highest BCUT2D eigenvalue weighted by atomic mass is 35.5. The zero-order valence-corrected chi connectivity index (χ0v) is 54.4. The van der Waals surface area contributed by atoms with Gasteiger partial charge >= 0.3 is 0 Å². The minimum Gasteiger partial charge on any atom is -0.494 e. The van der Waals surface area contributed by atoms with Gasteiger partial charge < -0.3 is 9.47 Å². The third-order valence-electron chi connectivity index (χ3n) is 16.4. The largest absolute Gasteiger partial charge is 0.494 e. The van der Waals surface area contributed by atoms with Crippen molar-refractivity contribution in [3.05, 3.63) is 337 Å². The lowest BCUT2D eigenvalue weighted by Gasteiger charge is -2.10. The van der Waals surface area contributed by atoms with Gasteiger partial charge in [0.15, 0.2) is 5.75 Å². The van der Waals surface area contributed by atoms with Crippen molar-refractivity contribution in [2.75, 3.05) is 7.11 Å². The van der Waals surface area contributed by atoms with Gasteiger partial charge in [-0.3, -0.25) is 70.8 Å². The number of fused-ring (bicyclic) bond motifs is 9. The minimum atomic E-state index is -0.731. The van der Waals surface area contributed by atoms with Gasteiger partial charge in [-0.2, -0.15) is 0 Å². The normalized spacial score (nSPS) is 12.9. The number of halogens is 2. The lowest BCUT2D eigenvalue weighted by Crippen LogP contribution is -2.01. The topological polar surface area (TPSA) is 358 Å². The number of aryl methyl sites for hydroxylation is 3. The average molecular weight is 1390 g/mol. The number of nitro benzene ring substituents is 7. The number of aliphatic imine (C=N–C) groups is 3. The molecular weight excluding hydrogens is 1340 g/mol. The molecule has 0 atom stereocenters. The van der Waals surface area contributed by atoms with Crippen LogP contribution in [0.3, 0.4) is 0 Å². The van der Waals surface area contributed by atoms with Crippen molar-refractivity contribution in [1.29, 1.82) is 0 Å². The number of hydrogen-bond donors (Lipinski definition) is 0. The zero-order chi connectivity index (χ0) is 71.8. The fourth-order valence-electron chi connectivity index (χ4n) is 12.0. The van der Waals surface area contributed by atoms with E-state index in [2.05, 4.69) is 4.99 Å². The number of nitro groups is 7. The first-order valence-electron chi connectivity index (χ1n) is 30.1. The van der Waals surface area contributed by atoms with Gasteiger partial charge in [0.1, 0.15) is 28.6 Å². The van der Waals surface area contributed by atoms with E-state index in [0.29, 0.717) is 95.7 Å². The summed E-state index contributed by atoms with van der Waals surface area (Å²) in [4.78, 5) is 90.7. The van der Waals surface area contributed by atoms with E-state index in [1.54, 1.807) is 48.5 Å². The molecule has 498 valence electrons. The summed E-state index contributed by atoms with van der Waals surface area (Å²) in [7, 11) is 1.54. The number of methoxy groups -OCH3 is 1. The highest BCUT2D eigenvalue weighted by Gasteiger charge is 2.39. The van der Waals surface area contributed by atoms with E-state index in [-0.39, 0.29) is 61.0 Å². The molecule has 11 aromatic carbocycles. The number of nitrogens with zero attached hydrogens (tertiary/aromatic N) is 10. The maximum atomic E-state index is 11.9. The minimum absolute atomic E-state index is 0.00315. The Morgan fingerprint density at radius 3 is 1.11 bits per heavy atom. The summed E-state index contributed by atoms with van der Waals surface area (Å²) in [6, 6.07) is 56.9. The molecule has 0 unspecified atom stereocenters. The molecule has 0 amide bonds. The Balaban J connectivity index is 0.000000143.